The molecule has 4 aromatic rings. The van der Waals surface area contributed by atoms with E-state index in [0.717, 1.165) is 47.5 Å². The number of amides is 1. The summed E-state index contributed by atoms with van der Waals surface area (Å²) in [4.78, 5) is 22.1. The lowest BCUT2D eigenvalue weighted by Crippen LogP contribution is -2.48. The van der Waals surface area contributed by atoms with Crippen molar-refractivity contribution in [1.82, 2.24) is 25.5 Å². The minimum absolute atomic E-state index is 0.0367. The molecule has 3 N–H and O–H groups in total. The Morgan fingerprint density at radius 1 is 1.17 bits per heavy atom. The number of piperidine rings is 1. The number of H-pyrrole nitrogens is 2. The van der Waals surface area contributed by atoms with Crippen molar-refractivity contribution >= 4 is 22.8 Å². The van der Waals surface area contributed by atoms with E-state index in [1.165, 1.54) is 12.1 Å². The molecule has 2 aromatic heterocycles. The number of imidazole rings is 1. The van der Waals surface area contributed by atoms with Gasteiger partial charge in [-0.1, -0.05) is 0 Å². The molecule has 30 heavy (non-hydrogen) atoms. The van der Waals surface area contributed by atoms with E-state index in [4.69, 9.17) is 0 Å². The first-order valence-corrected chi connectivity index (χ1v) is 9.96. The lowest BCUT2D eigenvalue weighted by Gasteiger charge is -2.33. The number of fused-ring (bicyclic) bond motifs is 1. The monoisotopic (exact) mass is 404 g/mol. The largest absolute Gasteiger partial charge is 0.353 e. The average molecular weight is 404 g/mol. The summed E-state index contributed by atoms with van der Waals surface area (Å²) in [6.07, 6.45) is 3.50. The molecule has 1 aliphatic rings. The van der Waals surface area contributed by atoms with Crippen LogP contribution in [-0.4, -0.2) is 45.2 Å². The molecule has 1 amide bonds. The zero-order chi connectivity index (χ0) is 20.5. The quantitative estimate of drug-likeness (QED) is 0.486. The summed E-state index contributed by atoms with van der Waals surface area (Å²) >= 11 is 0. The number of hydrogen-bond acceptors (Lipinski definition) is 4. The first kappa shape index (κ1) is 18.4. The first-order chi connectivity index (χ1) is 14.7. The Morgan fingerprint density at radius 3 is 2.90 bits per heavy atom. The van der Waals surface area contributed by atoms with Gasteiger partial charge < -0.3 is 15.2 Å². The Morgan fingerprint density at radius 2 is 2.03 bits per heavy atom. The van der Waals surface area contributed by atoms with E-state index in [1.807, 2.05) is 18.2 Å². The summed E-state index contributed by atoms with van der Waals surface area (Å²) in [5.41, 5.74) is 4.01. The van der Waals surface area contributed by atoms with Crippen molar-refractivity contribution in [1.29, 1.82) is 0 Å². The predicted octanol–water partition coefficient (Wildman–Crippen LogP) is 3.49. The minimum Gasteiger partial charge on any atom is -0.353 e. The van der Waals surface area contributed by atoms with Gasteiger partial charge in [0.1, 0.15) is 5.82 Å². The number of carbonyl (C=O) groups is 1. The van der Waals surface area contributed by atoms with Crippen molar-refractivity contribution in [3.63, 3.8) is 0 Å². The predicted molar refractivity (Wildman–Crippen MR) is 113 cm³/mol. The summed E-state index contributed by atoms with van der Waals surface area (Å²) in [5, 5.41) is 10.6. The number of hydrogen-bond donors (Lipinski definition) is 3. The van der Waals surface area contributed by atoms with Crippen LogP contribution >= 0.6 is 0 Å². The molecule has 7 nitrogen and oxygen atoms in total. The number of aromatic amines is 2. The molecule has 1 fully saturated rings. The maximum atomic E-state index is 13.2. The Labute approximate surface area is 172 Å². The van der Waals surface area contributed by atoms with Crippen LogP contribution in [0.15, 0.2) is 54.9 Å². The van der Waals surface area contributed by atoms with E-state index in [9.17, 15) is 9.18 Å². The number of nitrogens with zero attached hydrogens (tertiary/aromatic N) is 3. The van der Waals surface area contributed by atoms with Crippen molar-refractivity contribution in [2.24, 2.45) is 0 Å². The minimum atomic E-state index is -0.264. The van der Waals surface area contributed by atoms with Gasteiger partial charge in [-0.25, -0.2) is 9.37 Å². The lowest BCUT2D eigenvalue weighted by molar-refractivity contribution is 0.0933. The van der Waals surface area contributed by atoms with Gasteiger partial charge in [-0.15, -0.1) is 0 Å². The molecular weight excluding hydrogens is 383 g/mol. The van der Waals surface area contributed by atoms with Gasteiger partial charge in [0, 0.05) is 30.8 Å². The molecule has 0 radical (unpaired) electrons. The summed E-state index contributed by atoms with van der Waals surface area (Å²) < 4.78 is 13.2. The Balaban J connectivity index is 1.26. The van der Waals surface area contributed by atoms with Crippen molar-refractivity contribution in [2.75, 3.05) is 18.0 Å². The third kappa shape index (κ3) is 3.63. The van der Waals surface area contributed by atoms with E-state index >= 15 is 0 Å². The Hall–Kier alpha value is -3.68. The van der Waals surface area contributed by atoms with Crippen molar-refractivity contribution < 1.29 is 9.18 Å². The van der Waals surface area contributed by atoms with Gasteiger partial charge in [0.25, 0.3) is 5.91 Å². The van der Waals surface area contributed by atoms with Gasteiger partial charge in [-0.3, -0.25) is 9.89 Å². The second-order valence-electron chi connectivity index (χ2n) is 7.54. The fraction of sp³-hybridized carbons (Fsp3) is 0.227. The van der Waals surface area contributed by atoms with E-state index in [0.29, 0.717) is 12.1 Å². The number of halogens is 1. The molecule has 0 saturated carbocycles. The molecule has 3 heterocycles. The summed E-state index contributed by atoms with van der Waals surface area (Å²) in [6, 6.07) is 13.8. The average Bonchev–Trinajstić information content (AvgIpc) is 3.44. The van der Waals surface area contributed by atoms with E-state index in [-0.39, 0.29) is 17.8 Å². The SMILES string of the molecule is O=C(N[C@@H]1CCCN(c2cc(-c3ccc(F)cc3)[nH]n2)C1)c1ccc2nc[nH]c2c1. The molecule has 0 bridgehead atoms. The van der Waals surface area contributed by atoms with Gasteiger partial charge >= 0.3 is 0 Å². The summed E-state index contributed by atoms with van der Waals surface area (Å²) in [7, 11) is 0. The number of carbonyl (C=O) groups excluding carboxylic acids is 1. The van der Waals surface area contributed by atoms with Gasteiger partial charge in [-0.05, 0) is 60.9 Å². The summed E-state index contributed by atoms with van der Waals surface area (Å²) in [6.45, 7) is 1.56. The molecule has 1 atom stereocenters. The van der Waals surface area contributed by atoms with Crippen LogP contribution < -0.4 is 10.2 Å². The normalized spacial score (nSPS) is 16.7. The van der Waals surface area contributed by atoms with Crippen molar-refractivity contribution in [2.45, 2.75) is 18.9 Å². The van der Waals surface area contributed by atoms with Gasteiger partial charge in [0.05, 0.1) is 23.1 Å². The second-order valence-corrected chi connectivity index (χ2v) is 7.54. The van der Waals surface area contributed by atoms with E-state index in [2.05, 4.69) is 30.4 Å². The maximum absolute atomic E-state index is 13.2. The maximum Gasteiger partial charge on any atom is 0.251 e. The highest BCUT2D eigenvalue weighted by atomic mass is 19.1. The molecular formula is C22H21FN6O. The van der Waals surface area contributed by atoms with Crippen molar-refractivity contribution in [3.8, 4) is 11.3 Å². The van der Waals surface area contributed by atoms with Gasteiger partial charge in [-0.2, -0.15) is 5.10 Å². The lowest BCUT2D eigenvalue weighted by atomic mass is 10.0. The number of nitrogens with one attached hydrogen (secondary N) is 3. The zero-order valence-electron chi connectivity index (χ0n) is 16.2. The van der Waals surface area contributed by atoms with Crippen LogP contribution in [0.4, 0.5) is 10.2 Å². The second kappa shape index (κ2) is 7.62. The van der Waals surface area contributed by atoms with Crippen LogP contribution in [0.1, 0.15) is 23.2 Å². The number of benzene rings is 2. The molecule has 152 valence electrons. The molecule has 5 rings (SSSR count). The van der Waals surface area contributed by atoms with Crippen LogP contribution in [0, 0.1) is 5.82 Å². The molecule has 1 aliphatic heterocycles. The van der Waals surface area contributed by atoms with E-state index < -0.39 is 0 Å². The standard InChI is InChI=1S/C22H21FN6O/c23-16-6-3-14(4-7-16)19-11-21(28-27-19)29-9-1-2-17(12-29)26-22(30)15-5-8-18-20(10-15)25-13-24-18/h3-8,10-11,13,17H,1-2,9,12H2,(H,24,25)(H,26,30)(H,27,28)/t17-/m1/s1. The topological polar surface area (TPSA) is 89.7 Å². The molecule has 0 unspecified atom stereocenters. The third-order valence-corrected chi connectivity index (χ3v) is 5.48. The number of rotatable bonds is 4. The summed E-state index contributed by atoms with van der Waals surface area (Å²) in [5.74, 6) is 0.472. The third-order valence-electron chi connectivity index (χ3n) is 5.48. The Kier molecular flexibility index (Phi) is 4.66. The molecule has 0 spiro atoms. The Bertz CT molecular complexity index is 1180. The molecule has 8 heteroatoms. The van der Waals surface area contributed by atoms with Gasteiger partial charge in [0.15, 0.2) is 5.82 Å². The zero-order valence-corrected chi connectivity index (χ0v) is 16.2. The first-order valence-electron chi connectivity index (χ1n) is 9.96. The van der Waals surface area contributed by atoms with Crippen LogP contribution in [-0.2, 0) is 0 Å². The van der Waals surface area contributed by atoms with Crippen LogP contribution in [0.25, 0.3) is 22.3 Å². The number of aromatic nitrogens is 4. The number of anilines is 1. The smallest absolute Gasteiger partial charge is 0.251 e. The fourth-order valence-electron chi connectivity index (χ4n) is 3.90. The molecule has 0 aliphatic carbocycles. The van der Waals surface area contributed by atoms with Gasteiger partial charge in [0.2, 0.25) is 0 Å². The highest BCUT2D eigenvalue weighted by Crippen LogP contribution is 2.24. The van der Waals surface area contributed by atoms with Crippen LogP contribution in [0.3, 0.4) is 0 Å². The molecule has 2 aromatic carbocycles. The fourth-order valence-corrected chi connectivity index (χ4v) is 3.90. The van der Waals surface area contributed by atoms with Crippen LogP contribution in [0.2, 0.25) is 0 Å². The van der Waals surface area contributed by atoms with Crippen molar-refractivity contribution in [3.05, 3.63) is 66.2 Å². The van der Waals surface area contributed by atoms with E-state index in [1.54, 1.807) is 24.5 Å². The van der Waals surface area contributed by atoms with Crippen LogP contribution in [0.5, 0.6) is 0 Å². The molecule has 1 saturated heterocycles. The highest BCUT2D eigenvalue weighted by molar-refractivity contribution is 5.97. The highest BCUT2D eigenvalue weighted by Gasteiger charge is 2.24.